The van der Waals surface area contributed by atoms with Crippen LogP contribution in [-0.2, 0) is 13.0 Å². The van der Waals surface area contributed by atoms with E-state index in [2.05, 4.69) is 36.5 Å². The molecule has 0 aliphatic rings. The summed E-state index contributed by atoms with van der Waals surface area (Å²) in [5.41, 5.74) is 6.02. The van der Waals surface area contributed by atoms with Gasteiger partial charge in [-0.25, -0.2) is 4.98 Å². The van der Waals surface area contributed by atoms with Crippen molar-refractivity contribution in [2.75, 3.05) is 6.54 Å². The molecule has 17 heavy (non-hydrogen) atoms. The van der Waals surface area contributed by atoms with Gasteiger partial charge >= 0.3 is 0 Å². The predicted octanol–water partition coefficient (Wildman–Crippen LogP) is 2.99. The van der Waals surface area contributed by atoms with Gasteiger partial charge < -0.3 is 10.3 Å². The Labute approximate surface area is 105 Å². The first-order chi connectivity index (χ1) is 8.09. The van der Waals surface area contributed by atoms with Gasteiger partial charge in [0.2, 0.25) is 0 Å². The van der Waals surface area contributed by atoms with Crippen LogP contribution in [0.25, 0.3) is 0 Å². The van der Waals surface area contributed by atoms with Gasteiger partial charge in [0.05, 0.1) is 0 Å². The van der Waals surface area contributed by atoms with Gasteiger partial charge in [-0.1, -0.05) is 27.2 Å². The molecule has 98 valence electrons. The molecule has 2 N–H and O–H groups in total. The number of nitrogens with zero attached hydrogens (tertiary/aromatic N) is 2. The van der Waals surface area contributed by atoms with Crippen molar-refractivity contribution < 1.29 is 0 Å². The lowest BCUT2D eigenvalue weighted by Crippen LogP contribution is -2.23. The third-order valence-electron chi connectivity index (χ3n) is 3.33. The molecule has 0 atom stereocenters. The largest absolute Gasteiger partial charge is 0.335 e. The maximum atomic E-state index is 5.73. The topological polar surface area (TPSA) is 43.8 Å². The highest BCUT2D eigenvalue weighted by Gasteiger charge is 2.14. The molecule has 1 aromatic heterocycles. The fourth-order valence-electron chi connectivity index (χ4n) is 1.98. The van der Waals surface area contributed by atoms with Gasteiger partial charge in [-0.15, -0.1) is 0 Å². The quantitative estimate of drug-likeness (QED) is 0.706. The van der Waals surface area contributed by atoms with E-state index in [0.717, 1.165) is 25.9 Å². The Kier molecular flexibility index (Phi) is 5.69. The van der Waals surface area contributed by atoms with E-state index in [1.54, 1.807) is 0 Å². The maximum absolute atomic E-state index is 5.73. The van der Waals surface area contributed by atoms with E-state index in [9.17, 15) is 0 Å². The second-order valence-corrected chi connectivity index (χ2v) is 5.61. The van der Waals surface area contributed by atoms with Crippen LogP contribution in [-0.4, -0.2) is 16.1 Å². The van der Waals surface area contributed by atoms with Gasteiger partial charge in [-0.05, 0) is 31.2 Å². The highest BCUT2D eigenvalue weighted by Crippen LogP contribution is 2.21. The van der Waals surface area contributed by atoms with Crippen LogP contribution in [0.1, 0.15) is 52.3 Å². The molecule has 0 bridgehead atoms. The second kappa shape index (κ2) is 6.80. The first-order valence-corrected chi connectivity index (χ1v) is 6.79. The van der Waals surface area contributed by atoms with Crippen molar-refractivity contribution in [1.29, 1.82) is 0 Å². The highest BCUT2D eigenvalue weighted by molar-refractivity contribution is 4.92. The van der Waals surface area contributed by atoms with Crippen molar-refractivity contribution >= 4 is 0 Å². The van der Waals surface area contributed by atoms with Crippen LogP contribution < -0.4 is 5.73 Å². The Morgan fingerprint density at radius 2 is 2.12 bits per heavy atom. The van der Waals surface area contributed by atoms with Crippen LogP contribution in [0.15, 0.2) is 12.4 Å². The minimum Gasteiger partial charge on any atom is -0.335 e. The Balaban J connectivity index is 2.28. The van der Waals surface area contributed by atoms with E-state index in [-0.39, 0.29) is 0 Å². The Morgan fingerprint density at radius 3 is 2.76 bits per heavy atom. The van der Waals surface area contributed by atoms with E-state index in [1.807, 2.05) is 6.20 Å². The Morgan fingerprint density at radius 1 is 1.35 bits per heavy atom. The number of aryl methyl sites for hydroxylation is 2. The molecule has 3 nitrogen and oxygen atoms in total. The van der Waals surface area contributed by atoms with E-state index in [4.69, 9.17) is 5.73 Å². The summed E-state index contributed by atoms with van der Waals surface area (Å²) in [7, 11) is 0. The fourth-order valence-corrected chi connectivity index (χ4v) is 1.98. The van der Waals surface area contributed by atoms with Crippen LogP contribution in [0.4, 0.5) is 0 Å². The van der Waals surface area contributed by atoms with E-state index in [0.29, 0.717) is 5.41 Å². The van der Waals surface area contributed by atoms with Gasteiger partial charge in [-0.3, -0.25) is 0 Å². The Bertz CT molecular complexity index is 315. The van der Waals surface area contributed by atoms with Crippen LogP contribution in [0.3, 0.4) is 0 Å². The van der Waals surface area contributed by atoms with Gasteiger partial charge in [0.15, 0.2) is 0 Å². The molecule has 0 spiro atoms. The predicted molar refractivity (Wildman–Crippen MR) is 72.9 cm³/mol. The average Bonchev–Trinajstić information content (AvgIpc) is 2.73. The first-order valence-electron chi connectivity index (χ1n) is 6.79. The average molecular weight is 237 g/mol. The smallest absolute Gasteiger partial charge is 0.108 e. The molecule has 0 unspecified atom stereocenters. The third kappa shape index (κ3) is 4.90. The summed E-state index contributed by atoms with van der Waals surface area (Å²) in [6.45, 7) is 8.55. The number of rotatable bonds is 8. The van der Waals surface area contributed by atoms with Gasteiger partial charge in [-0.2, -0.15) is 0 Å². The lowest BCUT2D eigenvalue weighted by molar-refractivity contribution is 0.328. The van der Waals surface area contributed by atoms with Gasteiger partial charge in [0.1, 0.15) is 5.82 Å². The summed E-state index contributed by atoms with van der Waals surface area (Å²) < 4.78 is 2.29. The molecule has 0 saturated heterocycles. The maximum Gasteiger partial charge on any atom is 0.108 e. The zero-order valence-corrected chi connectivity index (χ0v) is 11.6. The van der Waals surface area contributed by atoms with E-state index >= 15 is 0 Å². The molecule has 0 aliphatic heterocycles. The Hall–Kier alpha value is -0.830. The number of aromatic nitrogens is 2. The molecular weight excluding hydrogens is 210 g/mol. The van der Waals surface area contributed by atoms with Crippen LogP contribution in [0.5, 0.6) is 0 Å². The van der Waals surface area contributed by atoms with Crippen molar-refractivity contribution in [3.8, 4) is 0 Å². The van der Waals surface area contributed by atoms with Crippen LogP contribution in [0.2, 0.25) is 0 Å². The summed E-state index contributed by atoms with van der Waals surface area (Å²) in [5, 5.41) is 0. The van der Waals surface area contributed by atoms with Gasteiger partial charge in [0.25, 0.3) is 0 Å². The first kappa shape index (κ1) is 14.2. The van der Waals surface area contributed by atoms with Gasteiger partial charge in [0, 0.05) is 25.4 Å². The number of nitrogens with two attached hydrogens (primary N) is 1. The molecule has 1 heterocycles. The molecule has 0 aliphatic carbocycles. The van der Waals surface area contributed by atoms with E-state index in [1.165, 1.54) is 25.1 Å². The molecule has 1 rings (SSSR count). The SMILES string of the molecule is CCCc1nccn1CCCCC(C)(C)CN. The fraction of sp³-hybridized carbons (Fsp3) is 0.786. The molecule has 0 aromatic carbocycles. The van der Waals surface area contributed by atoms with Crippen LogP contribution >= 0.6 is 0 Å². The molecule has 3 heteroatoms. The van der Waals surface area contributed by atoms with Crippen LogP contribution in [0, 0.1) is 5.41 Å². The molecule has 0 amide bonds. The molecule has 0 saturated carbocycles. The third-order valence-corrected chi connectivity index (χ3v) is 3.33. The normalized spacial score (nSPS) is 12.0. The number of imidazole rings is 1. The summed E-state index contributed by atoms with van der Waals surface area (Å²) in [4.78, 5) is 4.39. The summed E-state index contributed by atoms with van der Waals surface area (Å²) in [6, 6.07) is 0. The number of hydrogen-bond donors (Lipinski definition) is 1. The van der Waals surface area contributed by atoms with Crippen molar-refractivity contribution in [1.82, 2.24) is 9.55 Å². The molecular formula is C14H27N3. The zero-order chi connectivity index (χ0) is 12.7. The molecule has 0 fully saturated rings. The minimum atomic E-state index is 0.293. The van der Waals surface area contributed by atoms with Crippen molar-refractivity contribution in [2.24, 2.45) is 11.1 Å². The summed E-state index contributed by atoms with van der Waals surface area (Å²) in [5.74, 6) is 1.23. The second-order valence-electron chi connectivity index (χ2n) is 5.61. The summed E-state index contributed by atoms with van der Waals surface area (Å²) >= 11 is 0. The summed E-state index contributed by atoms with van der Waals surface area (Å²) in [6.07, 6.45) is 9.93. The molecule has 0 radical (unpaired) electrons. The molecule has 1 aromatic rings. The van der Waals surface area contributed by atoms with Crippen molar-refractivity contribution in [2.45, 2.75) is 59.4 Å². The number of hydrogen-bond acceptors (Lipinski definition) is 2. The zero-order valence-electron chi connectivity index (χ0n) is 11.6. The number of unbranched alkanes of at least 4 members (excludes halogenated alkanes) is 1. The van der Waals surface area contributed by atoms with E-state index < -0.39 is 0 Å². The minimum absolute atomic E-state index is 0.293. The highest BCUT2D eigenvalue weighted by atomic mass is 15.1. The standard InChI is InChI=1S/C14H27N3/c1-4-7-13-16-9-11-17(13)10-6-5-8-14(2,3)12-15/h9,11H,4-8,10,12,15H2,1-3H3. The monoisotopic (exact) mass is 237 g/mol. The van der Waals surface area contributed by atoms with Crippen molar-refractivity contribution in [3.05, 3.63) is 18.2 Å². The lowest BCUT2D eigenvalue weighted by Gasteiger charge is -2.22. The van der Waals surface area contributed by atoms with Crippen molar-refractivity contribution in [3.63, 3.8) is 0 Å². The lowest BCUT2D eigenvalue weighted by atomic mass is 9.87.